The molecule has 1 aromatic carbocycles. The molecule has 0 aliphatic heterocycles. The Bertz CT molecular complexity index is 538. The second kappa shape index (κ2) is 4.24. The molecular weight excluding hydrogens is 248 g/mol. The smallest absolute Gasteiger partial charge is 0.115 e. The Kier molecular flexibility index (Phi) is 2.69. The van der Waals surface area contributed by atoms with Crippen LogP contribution in [0.25, 0.3) is 0 Å². The van der Waals surface area contributed by atoms with Crippen molar-refractivity contribution in [2.45, 2.75) is 51.0 Å². The Morgan fingerprint density at radius 2 is 2.05 bits per heavy atom. The molecule has 3 aliphatic rings. The maximum absolute atomic E-state index is 10.4. The molecule has 2 saturated carbocycles. The lowest BCUT2D eigenvalue weighted by Gasteiger charge is -2.50. The minimum atomic E-state index is -0.102. The molecule has 20 heavy (non-hydrogen) atoms. The van der Waals surface area contributed by atoms with Gasteiger partial charge >= 0.3 is 0 Å². The quantitative estimate of drug-likeness (QED) is 0.756. The van der Waals surface area contributed by atoms with E-state index in [0.717, 1.165) is 19.3 Å². The van der Waals surface area contributed by atoms with E-state index in [1.807, 2.05) is 12.1 Å². The van der Waals surface area contributed by atoms with Crippen molar-refractivity contribution in [2.75, 3.05) is 0 Å². The van der Waals surface area contributed by atoms with Crippen LogP contribution in [0.15, 0.2) is 18.2 Å². The first-order valence-corrected chi connectivity index (χ1v) is 7.94. The summed E-state index contributed by atoms with van der Waals surface area (Å²) >= 11 is 0. The molecule has 3 aliphatic carbocycles. The van der Waals surface area contributed by atoms with Gasteiger partial charge in [0.25, 0.3) is 0 Å². The van der Waals surface area contributed by atoms with Gasteiger partial charge in [0.1, 0.15) is 5.75 Å². The first kappa shape index (κ1) is 12.7. The second-order valence-corrected chi connectivity index (χ2v) is 7.27. The van der Waals surface area contributed by atoms with E-state index in [1.165, 1.54) is 24.0 Å². The van der Waals surface area contributed by atoms with E-state index in [1.54, 1.807) is 0 Å². The fraction of sp³-hybridized carbons (Fsp3) is 0.611. The van der Waals surface area contributed by atoms with Crippen LogP contribution in [0.5, 0.6) is 5.75 Å². The first-order chi connectivity index (χ1) is 9.59. The monoisotopic (exact) mass is 271 g/mol. The van der Waals surface area contributed by atoms with Crippen LogP contribution in [0.3, 0.4) is 0 Å². The predicted octanol–water partition coefficient (Wildman–Crippen LogP) is 3.62. The molecule has 2 heteroatoms. The van der Waals surface area contributed by atoms with Crippen LogP contribution in [-0.4, -0.2) is 16.3 Å². The summed E-state index contributed by atoms with van der Waals surface area (Å²) in [6.45, 7) is 2.30. The number of hydrogen-bond acceptors (Lipinski definition) is 2. The molecule has 1 radical (unpaired) electrons. The number of phenols is 1. The van der Waals surface area contributed by atoms with Gasteiger partial charge in [-0.3, -0.25) is 0 Å². The first-order valence-electron chi connectivity index (χ1n) is 7.94. The van der Waals surface area contributed by atoms with E-state index >= 15 is 0 Å². The normalized spacial score (nSPS) is 42.7. The summed E-state index contributed by atoms with van der Waals surface area (Å²) in [6.07, 6.45) is 7.78. The zero-order chi connectivity index (χ0) is 13.9. The summed E-state index contributed by atoms with van der Waals surface area (Å²) < 4.78 is 0. The maximum Gasteiger partial charge on any atom is 0.115 e. The Labute approximate surface area is 120 Å². The summed E-state index contributed by atoms with van der Waals surface area (Å²) in [7, 11) is 0. The molecule has 0 spiro atoms. The molecular formula is C18H23O2. The summed E-state index contributed by atoms with van der Waals surface area (Å²) in [5, 5.41) is 20.0. The Morgan fingerprint density at radius 1 is 1.20 bits per heavy atom. The van der Waals surface area contributed by atoms with Crippen molar-refractivity contribution >= 4 is 0 Å². The van der Waals surface area contributed by atoms with Gasteiger partial charge in [-0.15, -0.1) is 0 Å². The Hall–Kier alpha value is -1.02. The van der Waals surface area contributed by atoms with Crippen LogP contribution in [0, 0.1) is 23.7 Å². The van der Waals surface area contributed by atoms with Crippen LogP contribution < -0.4 is 0 Å². The van der Waals surface area contributed by atoms with Crippen LogP contribution in [0.2, 0.25) is 0 Å². The molecule has 107 valence electrons. The van der Waals surface area contributed by atoms with Gasteiger partial charge in [0.05, 0.1) is 6.10 Å². The molecule has 0 aromatic heterocycles. The molecule has 0 bridgehead atoms. The second-order valence-electron chi connectivity index (χ2n) is 7.27. The minimum Gasteiger partial charge on any atom is -0.508 e. The van der Waals surface area contributed by atoms with Gasteiger partial charge in [0, 0.05) is 0 Å². The number of aromatic hydroxyl groups is 1. The average Bonchev–Trinajstić information content (AvgIpc) is 2.74. The van der Waals surface area contributed by atoms with E-state index in [4.69, 9.17) is 0 Å². The zero-order valence-corrected chi connectivity index (χ0v) is 12.0. The minimum absolute atomic E-state index is 0.102. The SMILES string of the molecule is C[C@]12CC[C@@H]3c4ccc(O)cc4[CH]C[C@H]3[C@@H]1CC[C@@H]2O. The Morgan fingerprint density at radius 3 is 2.90 bits per heavy atom. The largest absolute Gasteiger partial charge is 0.508 e. The van der Waals surface area contributed by atoms with E-state index in [2.05, 4.69) is 19.4 Å². The lowest BCUT2D eigenvalue weighted by molar-refractivity contribution is -0.0199. The highest BCUT2D eigenvalue weighted by atomic mass is 16.3. The van der Waals surface area contributed by atoms with Crippen molar-refractivity contribution < 1.29 is 10.2 Å². The number of benzene rings is 1. The summed E-state index contributed by atoms with van der Waals surface area (Å²) in [5.41, 5.74) is 2.79. The summed E-state index contributed by atoms with van der Waals surface area (Å²) in [4.78, 5) is 0. The third-order valence-electron chi connectivity index (χ3n) is 6.47. The predicted molar refractivity (Wildman–Crippen MR) is 78.4 cm³/mol. The lowest BCUT2D eigenvalue weighted by atomic mass is 9.55. The molecule has 2 nitrogen and oxygen atoms in total. The van der Waals surface area contributed by atoms with Crippen molar-refractivity contribution in [1.29, 1.82) is 0 Å². The molecule has 5 atom stereocenters. The average molecular weight is 271 g/mol. The number of phenolic OH excluding ortho intramolecular Hbond substituents is 1. The number of aliphatic hydroxyl groups is 1. The highest BCUT2D eigenvalue weighted by molar-refractivity contribution is 5.44. The summed E-state index contributed by atoms with van der Waals surface area (Å²) in [5.74, 6) is 2.34. The van der Waals surface area contributed by atoms with Crippen molar-refractivity contribution in [1.82, 2.24) is 0 Å². The van der Waals surface area contributed by atoms with E-state index < -0.39 is 0 Å². The molecule has 0 unspecified atom stereocenters. The standard InChI is InChI=1S/C18H23O2/c1-18-9-8-14-13-5-3-12(19)10-11(13)2-4-15(14)16(18)6-7-17(18)20/h2-3,5,10,14-17,19-20H,4,6-9H2,1H3/t14-,15-,16+,17+,18+/m1/s1. The van der Waals surface area contributed by atoms with Crippen LogP contribution >= 0.6 is 0 Å². The van der Waals surface area contributed by atoms with Crippen LogP contribution in [-0.2, 0) is 0 Å². The molecule has 1 aromatic rings. The molecule has 2 N–H and O–H groups in total. The van der Waals surface area contributed by atoms with Crippen molar-refractivity contribution in [3.05, 3.63) is 35.7 Å². The van der Waals surface area contributed by atoms with E-state index in [9.17, 15) is 10.2 Å². The van der Waals surface area contributed by atoms with Crippen LogP contribution in [0.4, 0.5) is 0 Å². The topological polar surface area (TPSA) is 40.5 Å². The fourth-order valence-electron chi connectivity index (χ4n) is 5.31. The van der Waals surface area contributed by atoms with Gasteiger partial charge in [-0.2, -0.15) is 0 Å². The van der Waals surface area contributed by atoms with Gasteiger partial charge in [0.15, 0.2) is 0 Å². The van der Waals surface area contributed by atoms with Gasteiger partial charge < -0.3 is 10.2 Å². The molecule has 0 heterocycles. The lowest BCUT2D eigenvalue weighted by Crippen LogP contribution is -2.43. The molecule has 2 fully saturated rings. The van der Waals surface area contributed by atoms with Gasteiger partial charge in [0.2, 0.25) is 0 Å². The number of aliphatic hydroxyl groups excluding tert-OH is 1. The van der Waals surface area contributed by atoms with E-state index in [0.29, 0.717) is 23.5 Å². The Balaban J connectivity index is 1.71. The van der Waals surface area contributed by atoms with Gasteiger partial charge in [-0.1, -0.05) is 13.0 Å². The third-order valence-corrected chi connectivity index (χ3v) is 6.47. The summed E-state index contributed by atoms with van der Waals surface area (Å²) in [6, 6.07) is 5.85. The third kappa shape index (κ3) is 1.60. The fourth-order valence-corrected chi connectivity index (χ4v) is 5.31. The molecule has 0 amide bonds. The van der Waals surface area contributed by atoms with E-state index in [-0.39, 0.29) is 11.5 Å². The molecule has 0 saturated heterocycles. The van der Waals surface area contributed by atoms with Gasteiger partial charge in [-0.05, 0) is 85.0 Å². The highest BCUT2D eigenvalue weighted by Crippen LogP contribution is 2.61. The van der Waals surface area contributed by atoms with Crippen LogP contribution in [0.1, 0.15) is 56.1 Å². The number of fused-ring (bicyclic) bond motifs is 5. The number of hydrogen-bond donors (Lipinski definition) is 2. The van der Waals surface area contributed by atoms with Crippen molar-refractivity contribution in [3.63, 3.8) is 0 Å². The highest BCUT2D eigenvalue weighted by Gasteiger charge is 2.54. The molecule has 4 rings (SSSR count). The van der Waals surface area contributed by atoms with Gasteiger partial charge in [-0.25, -0.2) is 0 Å². The maximum atomic E-state index is 10.4. The number of rotatable bonds is 0. The van der Waals surface area contributed by atoms with Crippen molar-refractivity contribution in [2.24, 2.45) is 17.3 Å². The van der Waals surface area contributed by atoms with Crippen molar-refractivity contribution in [3.8, 4) is 5.75 Å². The zero-order valence-electron chi connectivity index (χ0n) is 12.0.